The number of halogens is 2. The second-order valence-electron chi connectivity index (χ2n) is 6.91. The number of rotatable bonds is 10. The molecule has 2 aromatic rings. The van der Waals surface area contributed by atoms with E-state index in [2.05, 4.69) is 17.2 Å². The minimum Gasteiger partial charge on any atom is -0.396 e. The van der Waals surface area contributed by atoms with Crippen LogP contribution >= 0.6 is 23.2 Å². The molecular formula is C24H27Cl2NO2. The summed E-state index contributed by atoms with van der Waals surface area (Å²) in [4.78, 5) is 12.4. The van der Waals surface area contributed by atoms with Gasteiger partial charge in [-0.25, -0.2) is 0 Å². The van der Waals surface area contributed by atoms with Gasteiger partial charge in [-0.1, -0.05) is 73.2 Å². The van der Waals surface area contributed by atoms with Crippen LogP contribution in [0.4, 0.5) is 5.69 Å². The number of amides is 1. The number of benzene rings is 2. The van der Waals surface area contributed by atoms with E-state index in [1.807, 2.05) is 24.3 Å². The zero-order valence-corrected chi connectivity index (χ0v) is 18.0. The standard InChI is InChI=1S/C24H27Cl2NO2/c25-20-14-15-22(23(26)18-20)24(29)27-21-13-10-12-19(17-21)11-8-6-4-2-1-3-5-7-9-16-28/h10,12-15,17-18,28H,1-7,9,16H2,(H,27,29). The van der Waals surface area contributed by atoms with Crippen LogP contribution in [0.15, 0.2) is 42.5 Å². The maximum Gasteiger partial charge on any atom is 0.257 e. The normalized spacial score (nSPS) is 10.3. The third kappa shape index (κ3) is 8.92. The summed E-state index contributed by atoms with van der Waals surface area (Å²) in [6, 6.07) is 12.3. The van der Waals surface area contributed by atoms with Crippen molar-refractivity contribution in [2.45, 2.75) is 51.4 Å². The molecule has 0 aromatic heterocycles. The summed E-state index contributed by atoms with van der Waals surface area (Å²) in [5, 5.41) is 12.4. The third-order valence-electron chi connectivity index (χ3n) is 4.49. The first-order valence-electron chi connectivity index (χ1n) is 10.1. The molecule has 29 heavy (non-hydrogen) atoms. The molecule has 0 unspecified atom stereocenters. The molecule has 0 radical (unpaired) electrons. The highest BCUT2D eigenvalue weighted by atomic mass is 35.5. The van der Waals surface area contributed by atoms with Gasteiger partial charge in [-0.05, 0) is 49.2 Å². The van der Waals surface area contributed by atoms with Crippen molar-refractivity contribution in [2.75, 3.05) is 11.9 Å². The van der Waals surface area contributed by atoms with Gasteiger partial charge in [0.1, 0.15) is 0 Å². The Labute approximate surface area is 183 Å². The number of carbonyl (C=O) groups is 1. The zero-order chi connectivity index (χ0) is 20.9. The fourth-order valence-electron chi connectivity index (χ4n) is 2.92. The number of nitrogens with one attached hydrogen (secondary N) is 1. The molecule has 0 atom stereocenters. The van der Waals surface area contributed by atoms with Gasteiger partial charge in [-0.3, -0.25) is 4.79 Å². The summed E-state index contributed by atoms with van der Waals surface area (Å²) in [6.45, 7) is 0.301. The van der Waals surface area contributed by atoms with Gasteiger partial charge in [-0.15, -0.1) is 0 Å². The van der Waals surface area contributed by atoms with E-state index >= 15 is 0 Å². The van der Waals surface area contributed by atoms with Crippen molar-refractivity contribution in [3.05, 3.63) is 63.6 Å². The van der Waals surface area contributed by atoms with Crippen molar-refractivity contribution in [1.82, 2.24) is 0 Å². The monoisotopic (exact) mass is 431 g/mol. The van der Waals surface area contributed by atoms with Crippen molar-refractivity contribution >= 4 is 34.8 Å². The fraction of sp³-hybridized carbons (Fsp3) is 0.375. The molecule has 0 aliphatic carbocycles. The highest BCUT2D eigenvalue weighted by molar-refractivity contribution is 6.37. The highest BCUT2D eigenvalue weighted by Crippen LogP contribution is 2.22. The Hall–Kier alpha value is -1.99. The summed E-state index contributed by atoms with van der Waals surface area (Å²) in [7, 11) is 0. The molecule has 0 aliphatic rings. The number of hydrogen-bond donors (Lipinski definition) is 2. The lowest BCUT2D eigenvalue weighted by molar-refractivity contribution is 0.102. The van der Waals surface area contributed by atoms with E-state index in [4.69, 9.17) is 28.3 Å². The Bertz CT molecular complexity index is 855. The third-order valence-corrected chi connectivity index (χ3v) is 5.04. The summed E-state index contributed by atoms with van der Waals surface area (Å²) >= 11 is 12.0. The minimum absolute atomic E-state index is 0.282. The number of unbranched alkanes of at least 4 members (excludes halogenated alkanes) is 7. The molecule has 0 saturated heterocycles. The maximum atomic E-state index is 12.4. The SMILES string of the molecule is O=C(Nc1cccc(C#CCCCCCCCCCO)c1)c1ccc(Cl)cc1Cl. The van der Waals surface area contributed by atoms with Crippen LogP contribution in [0.5, 0.6) is 0 Å². The predicted octanol–water partition coefficient (Wildman–Crippen LogP) is 6.71. The number of hydrogen-bond acceptors (Lipinski definition) is 2. The van der Waals surface area contributed by atoms with Crippen LogP contribution in [0.25, 0.3) is 0 Å². The molecule has 0 saturated carbocycles. The number of aliphatic hydroxyl groups excluding tert-OH is 1. The smallest absolute Gasteiger partial charge is 0.257 e. The minimum atomic E-state index is -0.282. The van der Waals surface area contributed by atoms with Gasteiger partial charge in [-0.2, -0.15) is 0 Å². The predicted molar refractivity (Wildman–Crippen MR) is 122 cm³/mol. The Morgan fingerprint density at radius 3 is 2.38 bits per heavy atom. The first-order valence-corrected chi connectivity index (χ1v) is 10.8. The van der Waals surface area contributed by atoms with Crippen LogP contribution in [0.1, 0.15) is 67.3 Å². The summed E-state index contributed by atoms with van der Waals surface area (Å²) in [6.07, 6.45) is 8.84. The van der Waals surface area contributed by atoms with Crippen LogP contribution in [-0.2, 0) is 0 Å². The van der Waals surface area contributed by atoms with Gasteiger partial charge in [0.2, 0.25) is 0 Å². The molecule has 2 aromatic carbocycles. The topological polar surface area (TPSA) is 49.3 Å². The van der Waals surface area contributed by atoms with Crippen LogP contribution in [0.3, 0.4) is 0 Å². The van der Waals surface area contributed by atoms with Gasteiger partial charge in [0.25, 0.3) is 5.91 Å². The molecule has 0 heterocycles. The Kier molecular flexibility index (Phi) is 10.7. The first kappa shape index (κ1) is 23.3. The molecule has 3 nitrogen and oxygen atoms in total. The molecule has 1 amide bonds. The van der Waals surface area contributed by atoms with E-state index in [0.717, 1.165) is 31.2 Å². The summed E-state index contributed by atoms with van der Waals surface area (Å²) in [5.74, 6) is 6.09. The van der Waals surface area contributed by atoms with Gasteiger partial charge >= 0.3 is 0 Å². The van der Waals surface area contributed by atoms with Crippen molar-refractivity contribution in [3.63, 3.8) is 0 Å². The molecule has 0 fully saturated rings. The van der Waals surface area contributed by atoms with Crippen LogP contribution in [-0.4, -0.2) is 17.6 Å². The fourth-order valence-corrected chi connectivity index (χ4v) is 3.41. The van der Waals surface area contributed by atoms with Crippen LogP contribution in [0, 0.1) is 11.8 Å². The molecule has 2 N–H and O–H groups in total. The van der Waals surface area contributed by atoms with Gasteiger partial charge < -0.3 is 10.4 Å². The second kappa shape index (κ2) is 13.3. The maximum absolute atomic E-state index is 12.4. The molecule has 2 rings (SSSR count). The summed E-state index contributed by atoms with van der Waals surface area (Å²) in [5.41, 5.74) is 1.92. The Morgan fingerprint density at radius 1 is 0.931 bits per heavy atom. The largest absolute Gasteiger partial charge is 0.396 e. The first-order chi connectivity index (χ1) is 14.1. The second-order valence-corrected chi connectivity index (χ2v) is 7.75. The molecule has 0 bridgehead atoms. The van der Waals surface area contributed by atoms with E-state index in [-0.39, 0.29) is 5.91 Å². The van der Waals surface area contributed by atoms with Crippen LogP contribution < -0.4 is 5.32 Å². The van der Waals surface area contributed by atoms with Crippen molar-refractivity contribution in [2.24, 2.45) is 0 Å². The van der Waals surface area contributed by atoms with Crippen molar-refractivity contribution in [3.8, 4) is 11.8 Å². The lowest BCUT2D eigenvalue weighted by atomic mass is 10.1. The molecule has 0 aliphatic heterocycles. The van der Waals surface area contributed by atoms with Gasteiger partial charge in [0, 0.05) is 29.3 Å². The Balaban J connectivity index is 1.78. The lowest BCUT2D eigenvalue weighted by Gasteiger charge is -2.07. The van der Waals surface area contributed by atoms with E-state index in [1.54, 1.807) is 18.2 Å². The van der Waals surface area contributed by atoms with Gasteiger partial charge in [0.15, 0.2) is 0 Å². The van der Waals surface area contributed by atoms with E-state index in [1.165, 1.54) is 25.7 Å². The summed E-state index contributed by atoms with van der Waals surface area (Å²) < 4.78 is 0. The highest BCUT2D eigenvalue weighted by Gasteiger charge is 2.11. The number of aliphatic hydroxyl groups is 1. The van der Waals surface area contributed by atoms with E-state index in [0.29, 0.717) is 27.9 Å². The van der Waals surface area contributed by atoms with Crippen LogP contribution in [0.2, 0.25) is 10.0 Å². The molecule has 5 heteroatoms. The lowest BCUT2D eigenvalue weighted by Crippen LogP contribution is -2.12. The molecule has 154 valence electrons. The van der Waals surface area contributed by atoms with E-state index in [9.17, 15) is 4.79 Å². The number of carbonyl (C=O) groups excluding carboxylic acids is 1. The van der Waals surface area contributed by atoms with Crippen molar-refractivity contribution in [1.29, 1.82) is 0 Å². The zero-order valence-electron chi connectivity index (χ0n) is 16.5. The average Bonchev–Trinajstić information content (AvgIpc) is 2.69. The van der Waals surface area contributed by atoms with Crippen molar-refractivity contribution < 1.29 is 9.90 Å². The molecule has 0 spiro atoms. The quantitative estimate of drug-likeness (QED) is 0.324. The Morgan fingerprint density at radius 2 is 1.66 bits per heavy atom. The van der Waals surface area contributed by atoms with E-state index < -0.39 is 0 Å². The van der Waals surface area contributed by atoms with Gasteiger partial charge in [0.05, 0.1) is 10.6 Å². The average molecular weight is 432 g/mol. The number of anilines is 1. The molecular weight excluding hydrogens is 405 g/mol.